The van der Waals surface area contributed by atoms with Crippen LogP contribution in [-0.2, 0) is 14.3 Å². The van der Waals surface area contributed by atoms with Gasteiger partial charge in [0.05, 0.1) is 12.3 Å². The first-order valence-corrected chi connectivity index (χ1v) is 4.93. The summed E-state index contributed by atoms with van der Waals surface area (Å²) in [5.74, 6) is -1.75. The topological polar surface area (TPSA) is 55.4 Å². The Morgan fingerprint density at radius 2 is 2.06 bits per heavy atom. The molecular formula is C9H12ClF2NO3. The normalized spacial score (nSPS) is 13.5. The lowest BCUT2D eigenvalue weighted by atomic mass is 10.3. The van der Waals surface area contributed by atoms with E-state index in [1.165, 1.54) is 13.8 Å². The molecule has 0 radical (unpaired) electrons. The zero-order valence-electron chi connectivity index (χ0n) is 8.80. The molecule has 0 aliphatic carbocycles. The van der Waals surface area contributed by atoms with Crippen molar-refractivity contribution < 1.29 is 23.1 Å². The minimum atomic E-state index is -2.98. The van der Waals surface area contributed by atoms with Crippen LogP contribution in [0.3, 0.4) is 0 Å². The fourth-order valence-electron chi connectivity index (χ4n) is 0.706. The van der Waals surface area contributed by atoms with E-state index in [4.69, 9.17) is 11.6 Å². The van der Waals surface area contributed by atoms with Gasteiger partial charge in [0, 0.05) is 6.08 Å². The summed E-state index contributed by atoms with van der Waals surface area (Å²) in [5, 5.41) is 0.876. The standard InChI is InChI=1S/C9H12ClF2NO3/c1-3-16-7(14)4-6(8(11)12)13-9(15)5(2)10/h4-5,8H,3H2,1-2H3,(H,13,15). The Morgan fingerprint density at radius 1 is 1.50 bits per heavy atom. The summed E-state index contributed by atoms with van der Waals surface area (Å²) in [7, 11) is 0. The van der Waals surface area contributed by atoms with Gasteiger partial charge in [-0.05, 0) is 13.8 Å². The molecule has 7 heteroatoms. The highest BCUT2D eigenvalue weighted by molar-refractivity contribution is 6.30. The third-order valence-electron chi connectivity index (χ3n) is 1.42. The van der Waals surface area contributed by atoms with Gasteiger partial charge in [0.1, 0.15) is 5.38 Å². The summed E-state index contributed by atoms with van der Waals surface area (Å²) in [6.45, 7) is 2.92. The van der Waals surface area contributed by atoms with Gasteiger partial charge in [-0.2, -0.15) is 0 Å². The number of halogens is 3. The molecule has 0 saturated heterocycles. The Morgan fingerprint density at radius 3 is 2.44 bits per heavy atom. The van der Waals surface area contributed by atoms with Crippen molar-refractivity contribution in [3.63, 3.8) is 0 Å². The van der Waals surface area contributed by atoms with Gasteiger partial charge >= 0.3 is 5.97 Å². The van der Waals surface area contributed by atoms with E-state index in [1.54, 1.807) is 0 Å². The maximum absolute atomic E-state index is 12.4. The molecular weight excluding hydrogens is 244 g/mol. The predicted octanol–water partition coefficient (Wildman–Crippen LogP) is 1.44. The smallest absolute Gasteiger partial charge is 0.332 e. The minimum absolute atomic E-state index is 0.0612. The Balaban J connectivity index is 4.62. The summed E-state index contributed by atoms with van der Waals surface area (Å²) in [5.41, 5.74) is -0.823. The van der Waals surface area contributed by atoms with E-state index in [-0.39, 0.29) is 6.61 Å². The van der Waals surface area contributed by atoms with E-state index < -0.39 is 29.4 Å². The van der Waals surface area contributed by atoms with E-state index in [0.29, 0.717) is 6.08 Å². The molecule has 92 valence electrons. The predicted molar refractivity (Wildman–Crippen MR) is 54.2 cm³/mol. The molecule has 0 aromatic carbocycles. The van der Waals surface area contributed by atoms with Crippen molar-refractivity contribution in [2.24, 2.45) is 0 Å². The molecule has 0 rings (SSSR count). The zero-order valence-corrected chi connectivity index (χ0v) is 9.55. The van der Waals surface area contributed by atoms with Crippen LogP contribution in [0.4, 0.5) is 8.78 Å². The molecule has 1 unspecified atom stereocenters. The summed E-state index contributed by atoms with van der Waals surface area (Å²) in [6.07, 6.45) is -2.45. The molecule has 0 aliphatic rings. The maximum atomic E-state index is 12.4. The van der Waals surface area contributed by atoms with Crippen LogP contribution in [0.5, 0.6) is 0 Å². The van der Waals surface area contributed by atoms with Gasteiger partial charge in [-0.25, -0.2) is 13.6 Å². The monoisotopic (exact) mass is 255 g/mol. The molecule has 4 nitrogen and oxygen atoms in total. The summed E-state index contributed by atoms with van der Waals surface area (Å²) >= 11 is 5.37. The van der Waals surface area contributed by atoms with Crippen molar-refractivity contribution in [2.45, 2.75) is 25.7 Å². The molecule has 0 spiro atoms. The fraction of sp³-hybridized carbons (Fsp3) is 0.556. The van der Waals surface area contributed by atoms with Gasteiger partial charge in [-0.3, -0.25) is 4.79 Å². The zero-order chi connectivity index (χ0) is 12.7. The largest absolute Gasteiger partial charge is 0.463 e. The first kappa shape index (κ1) is 14.8. The van der Waals surface area contributed by atoms with Crippen molar-refractivity contribution in [1.82, 2.24) is 5.32 Å². The highest BCUT2D eigenvalue weighted by Gasteiger charge is 2.18. The molecule has 0 aliphatic heterocycles. The second-order valence-electron chi connectivity index (χ2n) is 2.76. The average Bonchev–Trinajstić information content (AvgIpc) is 2.16. The molecule has 0 heterocycles. The Kier molecular flexibility index (Phi) is 6.64. The number of nitrogens with one attached hydrogen (secondary N) is 1. The van der Waals surface area contributed by atoms with Crippen molar-refractivity contribution in [2.75, 3.05) is 6.61 Å². The quantitative estimate of drug-likeness (QED) is 0.459. The van der Waals surface area contributed by atoms with E-state index in [0.717, 1.165) is 0 Å². The SMILES string of the molecule is CCOC(=O)C=C(NC(=O)C(C)Cl)C(F)F. The number of hydrogen-bond acceptors (Lipinski definition) is 3. The highest BCUT2D eigenvalue weighted by atomic mass is 35.5. The number of amides is 1. The second kappa shape index (κ2) is 7.16. The summed E-state index contributed by atoms with van der Waals surface area (Å²) in [4.78, 5) is 21.9. The molecule has 1 atom stereocenters. The van der Waals surface area contributed by atoms with E-state index in [9.17, 15) is 18.4 Å². The third-order valence-corrected chi connectivity index (χ3v) is 1.62. The first-order chi connectivity index (χ1) is 7.38. The molecule has 0 aromatic heterocycles. The molecule has 1 N–H and O–H groups in total. The van der Waals surface area contributed by atoms with Crippen LogP contribution < -0.4 is 5.32 Å². The van der Waals surface area contributed by atoms with Crippen LogP contribution in [0.25, 0.3) is 0 Å². The summed E-state index contributed by atoms with van der Waals surface area (Å²) in [6, 6.07) is 0. The average molecular weight is 256 g/mol. The van der Waals surface area contributed by atoms with Gasteiger partial charge in [-0.1, -0.05) is 0 Å². The first-order valence-electron chi connectivity index (χ1n) is 4.49. The van der Waals surface area contributed by atoms with Crippen molar-refractivity contribution in [1.29, 1.82) is 0 Å². The van der Waals surface area contributed by atoms with Crippen molar-refractivity contribution in [3.8, 4) is 0 Å². The Labute approximate surface area is 96.6 Å². The van der Waals surface area contributed by atoms with Crippen LogP contribution in [0.2, 0.25) is 0 Å². The lowest BCUT2D eigenvalue weighted by Crippen LogP contribution is -2.32. The Hall–Kier alpha value is -1.17. The number of alkyl halides is 3. The van der Waals surface area contributed by atoms with Crippen LogP contribution >= 0.6 is 11.6 Å². The molecule has 0 saturated carbocycles. The minimum Gasteiger partial charge on any atom is -0.463 e. The number of rotatable bonds is 5. The van der Waals surface area contributed by atoms with Crippen molar-refractivity contribution in [3.05, 3.63) is 11.8 Å². The second-order valence-corrected chi connectivity index (χ2v) is 3.41. The van der Waals surface area contributed by atoms with E-state index in [1.807, 2.05) is 5.32 Å². The van der Waals surface area contributed by atoms with Crippen LogP contribution in [0.1, 0.15) is 13.8 Å². The number of esters is 1. The molecule has 0 bridgehead atoms. The number of carbonyl (C=O) groups excluding carboxylic acids is 2. The van der Waals surface area contributed by atoms with Gasteiger partial charge in [0.25, 0.3) is 6.43 Å². The van der Waals surface area contributed by atoms with E-state index >= 15 is 0 Å². The number of hydrogen-bond donors (Lipinski definition) is 1. The molecule has 1 amide bonds. The van der Waals surface area contributed by atoms with Crippen molar-refractivity contribution >= 4 is 23.5 Å². The number of ether oxygens (including phenoxy) is 1. The fourth-order valence-corrected chi connectivity index (χ4v) is 0.761. The lowest BCUT2D eigenvalue weighted by molar-refractivity contribution is -0.137. The summed E-state index contributed by atoms with van der Waals surface area (Å²) < 4.78 is 29.2. The van der Waals surface area contributed by atoms with Gasteiger partial charge in [0.15, 0.2) is 0 Å². The van der Waals surface area contributed by atoms with Crippen LogP contribution in [-0.4, -0.2) is 30.3 Å². The number of allylic oxidation sites excluding steroid dienone is 1. The Bertz CT molecular complexity index is 292. The van der Waals surface area contributed by atoms with Gasteiger partial charge < -0.3 is 10.1 Å². The number of carbonyl (C=O) groups is 2. The molecule has 0 aromatic rings. The maximum Gasteiger partial charge on any atom is 0.332 e. The molecule has 0 fully saturated rings. The van der Waals surface area contributed by atoms with E-state index in [2.05, 4.69) is 4.74 Å². The highest BCUT2D eigenvalue weighted by Crippen LogP contribution is 2.07. The molecule has 16 heavy (non-hydrogen) atoms. The third kappa shape index (κ3) is 5.65. The lowest BCUT2D eigenvalue weighted by Gasteiger charge is -2.09. The van der Waals surface area contributed by atoms with Gasteiger partial charge in [-0.15, -0.1) is 11.6 Å². The van der Waals surface area contributed by atoms with Crippen LogP contribution in [0, 0.1) is 0 Å². The van der Waals surface area contributed by atoms with Gasteiger partial charge in [0.2, 0.25) is 5.91 Å². The van der Waals surface area contributed by atoms with Crippen LogP contribution in [0.15, 0.2) is 11.8 Å².